The molecule has 3 aromatic rings. The van der Waals surface area contributed by atoms with Crippen molar-refractivity contribution in [2.45, 2.75) is 19.9 Å². The van der Waals surface area contributed by atoms with Crippen LogP contribution in [0.25, 0.3) is 10.9 Å². The highest BCUT2D eigenvalue weighted by molar-refractivity contribution is 5.90. The van der Waals surface area contributed by atoms with Crippen LogP contribution < -0.4 is 10.6 Å². The second-order valence-corrected chi connectivity index (χ2v) is 5.34. The normalized spacial score (nSPS) is 10.6. The average molecular weight is 324 g/mol. The number of aromatic nitrogens is 2. The van der Waals surface area contributed by atoms with Crippen LogP contribution in [0.4, 0.5) is 15.9 Å². The van der Waals surface area contributed by atoms with Crippen LogP contribution >= 0.6 is 0 Å². The number of fused-ring (bicyclic) bond motifs is 1. The third-order valence-corrected chi connectivity index (χ3v) is 3.62. The highest BCUT2D eigenvalue weighted by Gasteiger charge is 2.05. The smallest absolute Gasteiger partial charge is 0.224 e. The van der Waals surface area contributed by atoms with Gasteiger partial charge in [0, 0.05) is 24.0 Å². The van der Waals surface area contributed by atoms with Crippen LogP contribution in [-0.4, -0.2) is 15.9 Å². The first-order valence-electron chi connectivity index (χ1n) is 7.68. The van der Waals surface area contributed by atoms with Crippen molar-refractivity contribution in [1.29, 1.82) is 0 Å². The van der Waals surface area contributed by atoms with E-state index in [4.69, 9.17) is 0 Å². The molecule has 1 heterocycles. The Morgan fingerprint density at radius 1 is 1.12 bits per heavy atom. The zero-order valence-electron chi connectivity index (χ0n) is 13.2. The molecule has 2 aromatic carbocycles. The molecule has 0 unspecified atom stereocenters. The molecule has 6 heteroatoms. The molecule has 0 aliphatic heterocycles. The van der Waals surface area contributed by atoms with Gasteiger partial charge < -0.3 is 10.6 Å². The van der Waals surface area contributed by atoms with Gasteiger partial charge >= 0.3 is 0 Å². The molecule has 24 heavy (non-hydrogen) atoms. The van der Waals surface area contributed by atoms with Crippen LogP contribution in [0, 0.1) is 5.82 Å². The van der Waals surface area contributed by atoms with Gasteiger partial charge in [-0.1, -0.05) is 19.1 Å². The number of anilines is 2. The molecule has 0 bridgehead atoms. The van der Waals surface area contributed by atoms with E-state index in [-0.39, 0.29) is 11.7 Å². The first-order chi connectivity index (χ1) is 11.7. The summed E-state index contributed by atoms with van der Waals surface area (Å²) in [4.78, 5) is 19.7. The Bertz CT molecular complexity index is 865. The lowest BCUT2D eigenvalue weighted by atomic mass is 10.2. The summed E-state index contributed by atoms with van der Waals surface area (Å²) in [7, 11) is 0. The number of carbonyl (C=O) groups excluding carboxylic acids is 1. The standard InChI is InChI=1S/C18H17FN4O/c1-2-17(24)23-14-6-3-12(4-7-14)10-20-18-15-9-13(19)5-8-16(15)21-11-22-18/h3-9,11H,2,10H2,1H3,(H,23,24)(H,20,21,22). The predicted octanol–water partition coefficient (Wildman–Crippen LogP) is 3.73. The van der Waals surface area contributed by atoms with Crippen molar-refractivity contribution in [3.8, 4) is 0 Å². The minimum absolute atomic E-state index is 0.0182. The van der Waals surface area contributed by atoms with E-state index >= 15 is 0 Å². The summed E-state index contributed by atoms with van der Waals surface area (Å²) in [6.45, 7) is 2.34. The van der Waals surface area contributed by atoms with E-state index in [9.17, 15) is 9.18 Å². The molecule has 0 atom stereocenters. The summed E-state index contributed by atoms with van der Waals surface area (Å²) in [5.74, 6) is 0.245. The van der Waals surface area contributed by atoms with Crippen LogP contribution in [0.3, 0.4) is 0 Å². The van der Waals surface area contributed by atoms with Gasteiger partial charge in [0.1, 0.15) is 18.0 Å². The lowest BCUT2D eigenvalue weighted by Gasteiger charge is -2.09. The Hall–Kier alpha value is -3.02. The fraction of sp³-hybridized carbons (Fsp3) is 0.167. The number of carbonyl (C=O) groups is 1. The van der Waals surface area contributed by atoms with Crippen molar-refractivity contribution in [1.82, 2.24) is 9.97 Å². The minimum Gasteiger partial charge on any atom is -0.365 e. The molecule has 0 aliphatic carbocycles. The van der Waals surface area contributed by atoms with E-state index in [1.165, 1.54) is 18.5 Å². The number of hydrogen-bond donors (Lipinski definition) is 2. The second kappa shape index (κ2) is 7.04. The molecule has 0 fully saturated rings. The van der Waals surface area contributed by atoms with Crippen molar-refractivity contribution in [2.24, 2.45) is 0 Å². The largest absolute Gasteiger partial charge is 0.365 e. The first-order valence-corrected chi connectivity index (χ1v) is 7.68. The number of nitrogens with one attached hydrogen (secondary N) is 2. The average Bonchev–Trinajstić information content (AvgIpc) is 2.61. The molecule has 0 saturated carbocycles. The van der Waals surface area contributed by atoms with Gasteiger partial charge in [0.15, 0.2) is 0 Å². The van der Waals surface area contributed by atoms with Crippen LogP contribution in [0.2, 0.25) is 0 Å². The van der Waals surface area contributed by atoms with E-state index < -0.39 is 0 Å². The highest BCUT2D eigenvalue weighted by atomic mass is 19.1. The van der Waals surface area contributed by atoms with E-state index in [0.29, 0.717) is 29.7 Å². The molecular formula is C18H17FN4O. The number of hydrogen-bond acceptors (Lipinski definition) is 4. The molecule has 1 amide bonds. The van der Waals surface area contributed by atoms with E-state index in [0.717, 1.165) is 11.3 Å². The molecule has 0 radical (unpaired) electrons. The van der Waals surface area contributed by atoms with E-state index in [1.54, 1.807) is 6.07 Å². The minimum atomic E-state index is -0.323. The lowest BCUT2D eigenvalue weighted by molar-refractivity contribution is -0.115. The number of rotatable bonds is 5. The number of benzene rings is 2. The monoisotopic (exact) mass is 324 g/mol. The Kier molecular flexibility index (Phi) is 4.65. The van der Waals surface area contributed by atoms with Crippen molar-refractivity contribution < 1.29 is 9.18 Å². The molecule has 5 nitrogen and oxygen atoms in total. The fourth-order valence-electron chi connectivity index (χ4n) is 2.31. The van der Waals surface area contributed by atoms with Crippen LogP contribution in [0.1, 0.15) is 18.9 Å². The molecule has 0 aliphatic rings. The predicted molar refractivity (Wildman–Crippen MR) is 92.2 cm³/mol. The van der Waals surface area contributed by atoms with Crippen molar-refractivity contribution >= 4 is 28.3 Å². The Balaban J connectivity index is 1.72. The summed E-state index contributed by atoms with van der Waals surface area (Å²) in [5.41, 5.74) is 2.47. The van der Waals surface area contributed by atoms with Crippen molar-refractivity contribution in [3.05, 3.63) is 60.2 Å². The first kappa shape index (κ1) is 15.9. The van der Waals surface area contributed by atoms with Gasteiger partial charge in [-0.15, -0.1) is 0 Å². The Morgan fingerprint density at radius 3 is 2.67 bits per heavy atom. The molecule has 1 aromatic heterocycles. The maximum Gasteiger partial charge on any atom is 0.224 e. The molecule has 2 N–H and O–H groups in total. The molecule has 122 valence electrons. The molecule has 0 spiro atoms. The maximum absolute atomic E-state index is 13.4. The summed E-state index contributed by atoms with van der Waals surface area (Å²) in [6.07, 6.45) is 1.90. The van der Waals surface area contributed by atoms with Gasteiger partial charge in [-0.3, -0.25) is 4.79 Å². The van der Waals surface area contributed by atoms with Crippen molar-refractivity contribution in [2.75, 3.05) is 10.6 Å². The topological polar surface area (TPSA) is 66.9 Å². The summed E-state index contributed by atoms with van der Waals surface area (Å²) in [6, 6.07) is 12.0. The summed E-state index contributed by atoms with van der Waals surface area (Å²) >= 11 is 0. The van der Waals surface area contributed by atoms with Crippen LogP contribution in [-0.2, 0) is 11.3 Å². The van der Waals surface area contributed by atoms with Gasteiger partial charge in [-0.2, -0.15) is 0 Å². The van der Waals surface area contributed by atoms with Gasteiger partial charge in [-0.25, -0.2) is 14.4 Å². The zero-order chi connectivity index (χ0) is 16.9. The van der Waals surface area contributed by atoms with E-state index in [2.05, 4.69) is 20.6 Å². The second-order valence-electron chi connectivity index (χ2n) is 5.34. The highest BCUT2D eigenvalue weighted by Crippen LogP contribution is 2.21. The zero-order valence-corrected chi connectivity index (χ0v) is 13.2. The summed E-state index contributed by atoms with van der Waals surface area (Å²) < 4.78 is 13.4. The third-order valence-electron chi connectivity index (χ3n) is 3.62. The van der Waals surface area contributed by atoms with Gasteiger partial charge in [0.05, 0.1) is 5.52 Å². The van der Waals surface area contributed by atoms with Gasteiger partial charge in [0.2, 0.25) is 5.91 Å². The van der Waals surface area contributed by atoms with Crippen LogP contribution in [0.5, 0.6) is 0 Å². The Labute approximate surface area is 138 Å². The molecule has 0 saturated heterocycles. The quantitative estimate of drug-likeness (QED) is 0.750. The lowest BCUT2D eigenvalue weighted by Crippen LogP contribution is -2.09. The van der Waals surface area contributed by atoms with Gasteiger partial charge in [0.25, 0.3) is 0 Å². The molecular weight excluding hydrogens is 307 g/mol. The number of halogens is 1. The number of nitrogens with zero attached hydrogens (tertiary/aromatic N) is 2. The fourth-order valence-corrected chi connectivity index (χ4v) is 2.31. The Morgan fingerprint density at radius 2 is 1.92 bits per heavy atom. The number of amides is 1. The maximum atomic E-state index is 13.4. The van der Waals surface area contributed by atoms with Gasteiger partial charge in [-0.05, 0) is 35.9 Å². The SMILES string of the molecule is CCC(=O)Nc1ccc(CNc2ncnc3ccc(F)cc23)cc1. The van der Waals surface area contributed by atoms with Crippen LogP contribution in [0.15, 0.2) is 48.8 Å². The summed E-state index contributed by atoms with van der Waals surface area (Å²) in [5, 5.41) is 6.64. The molecule has 3 rings (SSSR count). The van der Waals surface area contributed by atoms with Crippen molar-refractivity contribution in [3.63, 3.8) is 0 Å². The third kappa shape index (κ3) is 3.65. The van der Waals surface area contributed by atoms with E-state index in [1.807, 2.05) is 31.2 Å².